The lowest BCUT2D eigenvalue weighted by Gasteiger charge is -2.14. The van der Waals surface area contributed by atoms with Crippen LogP contribution in [0.25, 0.3) is 0 Å². The van der Waals surface area contributed by atoms with Crippen LogP contribution in [-0.2, 0) is 0 Å². The summed E-state index contributed by atoms with van der Waals surface area (Å²) in [6, 6.07) is 8.03. The molecule has 1 aromatic rings. The average Bonchev–Trinajstić information content (AvgIpc) is 2.31. The predicted octanol–water partition coefficient (Wildman–Crippen LogP) is 4.26. The lowest BCUT2D eigenvalue weighted by molar-refractivity contribution is 0.776. The van der Waals surface area contributed by atoms with Crippen molar-refractivity contribution in [1.29, 1.82) is 0 Å². The van der Waals surface area contributed by atoms with Crippen molar-refractivity contribution in [2.45, 2.75) is 31.4 Å². The van der Waals surface area contributed by atoms with Crippen LogP contribution in [0.2, 0.25) is 5.02 Å². The summed E-state index contributed by atoms with van der Waals surface area (Å²) in [6.45, 7) is 2.92. The van der Waals surface area contributed by atoms with Gasteiger partial charge < -0.3 is 5.73 Å². The zero-order chi connectivity index (χ0) is 11.8. The first-order chi connectivity index (χ1) is 7.77. The minimum absolute atomic E-state index is 0.411. The van der Waals surface area contributed by atoms with Crippen LogP contribution >= 0.6 is 23.4 Å². The van der Waals surface area contributed by atoms with E-state index < -0.39 is 0 Å². The highest BCUT2D eigenvalue weighted by molar-refractivity contribution is 7.99. The van der Waals surface area contributed by atoms with Crippen molar-refractivity contribution in [3.8, 4) is 0 Å². The van der Waals surface area contributed by atoms with Crippen LogP contribution in [0.4, 0.5) is 0 Å². The highest BCUT2D eigenvalue weighted by atomic mass is 35.5. The Kier molecular flexibility index (Phi) is 6.93. The Morgan fingerprint density at radius 3 is 2.50 bits per heavy atom. The van der Waals surface area contributed by atoms with Gasteiger partial charge in [0.05, 0.1) is 0 Å². The third kappa shape index (κ3) is 4.77. The number of benzene rings is 1. The summed E-state index contributed by atoms with van der Waals surface area (Å²) in [7, 11) is 0. The maximum atomic E-state index is 5.87. The van der Waals surface area contributed by atoms with Gasteiger partial charge in [0.25, 0.3) is 0 Å². The van der Waals surface area contributed by atoms with Gasteiger partial charge in [-0.3, -0.25) is 0 Å². The number of halogens is 1. The lowest BCUT2D eigenvalue weighted by atomic mass is 10.1. The first-order valence-corrected chi connectivity index (χ1v) is 7.27. The van der Waals surface area contributed by atoms with E-state index in [1.54, 1.807) is 0 Å². The highest BCUT2D eigenvalue weighted by Crippen LogP contribution is 2.29. The minimum Gasteiger partial charge on any atom is -0.329 e. The molecule has 1 atom stereocenters. The number of rotatable bonds is 7. The Bertz CT molecular complexity index is 286. The van der Waals surface area contributed by atoms with Crippen molar-refractivity contribution >= 4 is 23.4 Å². The molecular formula is C13H20ClNS. The van der Waals surface area contributed by atoms with E-state index in [0.29, 0.717) is 11.8 Å². The maximum Gasteiger partial charge on any atom is 0.0419 e. The first-order valence-electron chi connectivity index (χ1n) is 5.85. The number of thioether (sulfide) groups is 1. The van der Waals surface area contributed by atoms with Crippen LogP contribution in [0, 0.1) is 0 Å². The number of hydrogen-bond donors (Lipinski definition) is 1. The zero-order valence-corrected chi connectivity index (χ0v) is 11.4. The van der Waals surface area contributed by atoms with Crippen molar-refractivity contribution in [2.24, 2.45) is 5.73 Å². The Hall–Kier alpha value is -0.180. The number of nitrogens with two attached hydrogens (primary N) is 1. The normalized spacial score (nSPS) is 12.7. The van der Waals surface area contributed by atoms with Crippen molar-refractivity contribution in [3.63, 3.8) is 0 Å². The van der Waals surface area contributed by atoms with Gasteiger partial charge in [0.1, 0.15) is 0 Å². The molecule has 0 aliphatic heterocycles. The fourth-order valence-electron chi connectivity index (χ4n) is 1.56. The van der Waals surface area contributed by atoms with Gasteiger partial charge in [-0.25, -0.2) is 0 Å². The second kappa shape index (κ2) is 7.99. The van der Waals surface area contributed by atoms with Crippen LogP contribution in [-0.4, -0.2) is 12.3 Å². The highest BCUT2D eigenvalue weighted by Gasteiger charge is 2.09. The Labute approximate surface area is 108 Å². The molecule has 0 bridgehead atoms. The van der Waals surface area contributed by atoms with Crippen LogP contribution < -0.4 is 5.73 Å². The van der Waals surface area contributed by atoms with Crippen molar-refractivity contribution in [2.75, 3.05) is 12.3 Å². The molecule has 0 saturated carbocycles. The number of unbranched alkanes of at least 4 members (excludes halogenated alkanes) is 2. The van der Waals surface area contributed by atoms with E-state index >= 15 is 0 Å². The monoisotopic (exact) mass is 257 g/mol. The second-order valence-corrected chi connectivity index (χ2v) is 5.60. The van der Waals surface area contributed by atoms with Crippen LogP contribution in [0.15, 0.2) is 24.3 Å². The summed E-state index contributed by atoms with van der Waals surface area (Å²) >= 11 is 7.82. The van der Waals surface area contributed by atoms with E-state index in [1.165, 1.54) is 30.6 Å². The first kappa shape index (κ1) is 13.9. The van der Waals surface area contributed by atoms with Crippen LogP contribution in [0.3, 0.4) is 0 Å². The molecule has 0 amide bonds. The van der Waals surface area contributed by atoms with Gasteiger partial charge in [0.2, 0.25) is 0 Å². The summed E-state index contributed by atoms with van der Waals surface area (Å²) in [5, 5.41) is 1.20. The zero-order valence-electron chi connectivity index (χ0n) is 9.79. The van der Waals surface area contributed by atoms with E-state index in [9.17, 15) is 0 Å². The topological polar surface area (TPSA) is 26.0 Å². The summed E-state index contributed by atoms with van der Waals surface area (Å²) in [5.74, 6) is 1.19. The summed E-state index contributed by atoms with van der Waals surface area (Å²) in [4.78, 5) is 0. The molecular weight excluding hydrogens is 238 g/mol. The van der Waals surface area contributed by atoms with E-state index in [4.69, 9.17) is 17.3 Å². The fraction of sp³-hybridized carbons (Fsp3) is 0.538. The molecule has 0 aromatic heterocycles. The molecule has 1 unspecified atom stereocenters. The second-order valence-electron chi connectivity index (χ2n) is 3.85. The molecule has 0 saturated heterocycles. The standard InChI is InChI=1S/C13H20ClNS/c1-2-3-4-9-16-13(10-15)11-5-7-12(14)8-6-11/h5-8,13H,2-4,9-10,15H2,1H3. The maximum absolute atomic E-state index is 5.87. The smallest absolute Gasteiger partial charge is 0.0419 e. The van der Waals surface area contributed by atoms with Crippen LogP contribution in [0.5, 0.6) is 0 Å². The van der Waals surface area contributed by atoms with Crippen LogP contribution in [0.1, 0.15) is 37.0 Å². The van der Waals surface area contributed by atoms with Crippen molar-refractivity contribution in [1.82, 2.24) is 0 Å². The largest absolute Gasteiger partial charge is 0.329 e. The van der Waals surface area contributed by atoms with Crippen molar-refractivity contribution < 1.29 is 0 Å². The molecule has 0 fully saturated rings. The van der Waals surface area contributed by atoms with Gasteiger partial charge in [-0.2, -0.15) is 11.8 Å². The molecule has 1 nitrogen and oxygen atoms in total. The van der Waals surface area contributed by atoms with Gasteiger partial charge in [-0.05, 0) is 29.9 Å². The molecule has 16 heavy (non-hydrogen) atoms. The molecule has 2 N–H and O–H groups in total. The molecule has 0 spiro atoms. The van der Waals surface area contributed by atoms with Gasteiger partial charge in [-0.1, -0.05) is 43.5 Å². The van der Waals surface area contributed by atoms with Crippen molar-refractivity contribution in [3.05, 3.63) is 34.9 Å². The van der Waals surface area contributed by atoms with Gasteiger partial charge >= 0.3 is 0 Å². The summed E-state index contributed by atoms with van der Waals surface area (Å²) in [6.07, 6.45) is 3.87. The molecule has 0 radical (unpaired) electrons. The molecule has 0 aliphatic rings. The van der Waals surface area contributed by atoms with E-state index in [1.807, 2.05) is 23.9 Å². The molecule has 1 aromatic carbocycles. The molecule has 0 aliphatic carbocycles. The van der Waals surface area contributed by atoms with E-state index in [2.05, 4.69) is 19.1 Å². The minimum atomic E-state index is 0.411. The predicted molar refractivity (Wildman–Crippen MR) is 75.2 cm³/mol. The van der Waals surface area contributed by atoms with Gasteiger partial charge in [0.15, 0.2) is 0 Å². The molecule has 1 rings (SSSR count). The fourth-order valence-corrected chi connectivity index (χ4v) is 2.82. The average molecular weight is 258 g/mol. The molecule has 3 heteroatoms. The Balaban J connectivity index is 2.44. The third-order valence-corrected chi connectivity index (χ3v) is 4.17. The lowest BCUT2D eigenvalue weighted by Crippen LogP contribution is -2.09. The molecule has 90 valence electrons. The summed E-state index contributed by atoms with van der Waals surface area (Å²) < 4.78 is 0. The SMILES string of the molecule is CCCCCSC(CN)c1ccc(Cl)cc1. The Morgan fingerprint density at radius 2 is 1.94 bits per heavy atom. The Morgan fingerprint density at radius 1 is 1.25 bits per heavy atom. The quantitative estimate of drug-likeness (QED) is 0.739. The van der Waals surface area contributed by atoms with Gasteiger partial charge in [-0.15, -0.1) is 0 Å². The van der Waals surface area contributed by atoms with E-state index in [-0.39, 0.29) is 0 Å². The summed E-state index contributed by atoms with van der Waals surface area (Å²) in [5.41, 5.74) is 7.09. The van der Waals surface area contributed by atoms with Gasteiger partial charge in [0, 0.05) is 16.8 Å². The third-order valence-electron chi connectivity index (χ3n) is 2.52. The van der Waals surface area contributed by atoms with E-state index in [0.717, 1.165) is 5.02 Å². The molecule has 0 heterocycles. The number of hydrogen-bond acceptors (Lipinski definition) is 2.